The van der Waals surface area contributed by atoms with Crippen molar-refractivity contribution in [2.75, 3.05) is 25.0 Å². The highest BCUT2D eigenvalue weighted by Crippen LogP contribution is 2.30. The monoisotopic (exact) mass is 258 g/mol. The number of nitrogens with one attached hydrogen (secondary N) is 1. The fourth-order valence-electron chi connectivity index (χ4n) is 3.40. The molecular weight excluding hydrogens is 236 g/mol. The molecule has 1 aromatic rings. The van der Waals surface area contributed by atoms with Gasteiger partial charge in [-0.25, -0.2) is 0 Å². The molecule has 0 saturated carbocycles. The number of nitrogen functional groups attached to an aromatic ring is 1. The Bertz CT molecular complexity index is 468. The lowest BCUT2D eigenvalue weighted by atomic mass is 10.1. The fraction of sp³-hybridized carbons (Fsp3) is 0.533. The summed E-state index contributed by atoms with van der Waals surface area (Å²) < 4.78 is 0. The number of anilines is 1. The standard InChI is InChI=1S/C15H22N4/c1-18-12-6-7-14(18)10-19(9-8-12)13-4-2-11(3-5-13)15(16)17/h2-5,12,14H,6-10H2,1H3,(H3,16,17). The van der Waals surface area contributed by atoms with Crippen molar-refractivity contribution in [2.24, 2.45) is 5.73 Å². The number of fused-ring (bicyclic) bond motifs is 2. The summed E-state index contributed by atoms with van der Waals surface area (Å²) >= 11 is 0. The Labute approximate surface area is 114 Å². The van der Waals surface area contributed by atoms with E-state index in [2.05, 4.69) is 29.0 Å². The molecule has 102 valence electrons. The summed E-state index contributed by atoms with van der Waals surface area (Å²) in [5.74, 6) is 0.140. The topological polar surface area (TPSA) is 56.4 Å². The molecule has 0 spiro atoms. The van der Waals surface area contributed by atoms with Gasteiger partial charge < -0.3 is 10.6 Å². The Balaban J connectivity index is 1.77. The van der Waals surface area contributed by atoms with Crippen LogP contribution >= 0.6 is 0 Å². The third-order valence-corrected chi connectivity index (χ3v) is 4.69. The summed E-state index contributed by atoms with van der Waals surface area (Å²) in [4.78, 5) is 5.04. The van der Waals surface area contributed by atoms with E-state index in [9.17, 15) is 0 Å². The van der Waals surface area contributed by atoms with E-state index in [1.54, 1.807) is 0 Å². The number of likely N-dealkylation sites (N-methyl/N-ethyl adjacent to an activating group) is 1. The first-order valence-electron chi connectivity index (χ1n) is 7.06. The van der Waals surface area contributed by atoms with Gasteiger partial charge in [0.2, 0.25) is 0 Å². The highest BCUT2D eigenvalue weighted by molar-refractivity contribution is 5.95. The number of hydrogen-bond acceptors (Lipinski definition) is 3. The van der Waals surface area contributed by atoms with Gasteiger partial charge in [0.15, 0.2) is 0 Å². The third-order valence-electron chi connectivity index (χ3n) is 4.69. The van der Waals surface area contributed by atoms with Crippen LogP contribution in [-0.2, 0) is 0 Å². The molecule has 2 atom stereocenters. The van der Waals surface area contributed by atoms with Gasteiger partial charge in [-0.1, -0.05) is 0 Å². The Morgan fingerprint density at radius 3 is 2.53 bits per heavy atom. The highest BCUT2D eigenvalue weighted by Gasteiger charge is 2.34. The molecule has 0 aliphatic carbocycles. The van der Waals surface area contributed by atoms with Gasteiger partial charge in [0.05, 0.1) is 0 Å². The second-order valence-corrected chi connectivity index (χ2v) is 5.75. The minimum atomic E-state index is 0.140. The largest absolute Gasteiger partial charge is 0.384 e. The number of benzene rings is 1. The first kappa shape index (κ1) is 12.5. The van der Waals surface area contributed by atoms with Crippen LogP contribution in [0.1, 0.15) is 24.8 Å². The number of nitrogens with zero attached hydrogens (tertiary/aromatic N) is 2. The predicted octanol–water partition coefficient (Wildman–Crippen LogP) is 1.64. The van der Waals surface area contributed by atoms with Gasteiger partial charge in [-0.05, 0) is 50.6 Å². The van der Waals surface area contributed by atoms with Crippen molar-refractivity contribution in [3.63, 3.8) is 0 Å². The first-order chi connectivity index (χ1) is 9.15. The molecule has 2 fully saturated rings. The molecule has 3 N–H and O–H groups in total. The van der Waals surface area contributed by atoms with E-state index in [0.717, 1.165) is 24.7 Å². The van der Waals surface area contributed by atoms with Gasteiger partial charge in [0.1, 0.15) is 5.84 Å². The van der Waals surface area contributed by atoms with Crippen molar-refractivity contribution in [3.8, 4) is 0 Å². The van der Waals surface area contributed by atoms with Crippen LogP contribution in [-0.4, -0.2) is 43.0 Å². The van der Waals surface area contributed by atoms with Gasteiger partial charge >= 0.3 is 0 Å². The average molecular weight is 258 g/mol. The normalized spacial score (nSPS) is 27.3. The van der Waals surface area contributed by atoms with Crippen LogP contribution in [0.2, 0.25) is 0 Å². The van der Waals surface area contributed by atoms with E-state index in [1.807, 2.05) is 12.1 Å². The summed E-state index contributed by atoms with van der Waals surface area (Å²) in [5, 5.41) is 7.44. The quantitative estimate of drug-likeness (QED) is 0.626. The van der Waals surface area contributed by atoms with Crippen molar-refractivity contribution in [1.29, 1.82) is 5.41 Å². The molecule has 2 unspecified atom stereocenters. The molecule has 19 heavy (non-hydrogen) atoms. The lowest BCUT2D eigenvalue weighted by Gasteiger charge is -2.27. The summed E-state index contributed by atoms with van der Waals surface area (Å²) in [6.45, 7) is 2.25. The molecule has 0 amide bonds. The number of hydrogen-bond donors (Lipinski definition) is 2. The van der Waals surface area contributed by atoms with E-state index in [0.29, 0.717) is 6.04 Å². The van der Waals surface area contributed by atoms with Gasteiger partial charge in [-0.15, -0.1) is 0 Å². The minimum Gasteiger partial charge on any atom is -0.384 e. The zero-order chi connectivity index (χ0) is 13.4. The zero-order valence-electron chi connectivity index (χ0n) is 11.5. The van der Waals surface area contributed by atoms with Crippen molar-refractivity contribution >= 4 is 11.5 Å². The van der Waals surface area contributed by atoms with Gasteiger partial charge in [-0.2, -0.15) is 0 Å². The van der Waals surface area contributed by atoms with Crippen LogP contribution in [0.15, 0.2) is 24.3 Å². The van der Waals surface area contributed by atoms with E-state index in [1.165, 1.54) is 24.9 Å². The van der Waals surface area contributed by atoms with Gasteiger partial charge in [0.25, 0.3) is 0 Å². The maximum Gasteiger partial charge on any atom is 0.122 e. The summed E-state index contributed by atoms with van der Waals surface area (Å²) in [5.41, 5.74) is 7.56. The third kappa shape index (κ3) is 2.32. The SMILES string of the molecule is CN1C2CCC1CN(c1ccc(C(=N)N)cc1)CC2. The van der Waals surface area contributed by atoms with E-state index in [-0.39, 0.29) is 5.84 Å². The van der Waals surface area contributed by atoms with Crippen LogP contribution < -0.4 is 10.6 Å². The van der Waals surface area contributed by atoms with Crippen LogP contribution in [0.3, 0.4) is 0 Å². The van der Waals surface area contributed by atoms with Crippen molar-refractivity contribution in [2.45, 2.75) is 31.3 Å². The second-order valence-electron chi connectivity index (χ2n) is 5.75. The number of nitrogens with two attached hydrogens (primary N) is 1. The number of rotatable bonds is 2. The number of amidine groups is 1. The van der Waals surface area contributed by atoms with Crippen LogP contribution in [0, 0.1) is 5.41 Å². The maximum absolute atomic E-state index is 7.44. The predicted molar refractivity (Wildman–Crippen MR) is 78.9 cm³/mol. The first-order valence-corrected chi connectivity index (χ1v) is 7.06. The van der Waals surface area contributed by atoms with Gasteiger partial charge in [0, 0.05) is 36.4 Å². The second kappa shape index (κ2) is 4.85. The smallest absolute Gasteiger partial charge is 0.122 e. The molecule has 2 aliphatic heterocycles. The van der Waals surface area contributed by atoms with E-state index < -0.39 is 0 Å². The molecule has 0 radical (unpaired) electrons. The molecule has 2 bridgehead atoms. The van der Waals surface area contributed by atoms with E-state index in [4.69, 9.17) is 11.1 Å². The molecule has 1 aromatic carbocycles. The summed E-state index contributed by atoms with van der Waals surface area (Å²) in [7, 11) is 2.27. The molecule has 4 heteroatoms. The molecule has 2 aliphatic rings. The van der Waals surface area contributed by atoms with Crippen molar-refractivity contribution in [1.82, 2.24) is 4.90 Å². The average Bonchev–Trinajstić information content (AvgIpc) is 2.63. The van der Waals surface area contributed by atoms with Gasteiger partial charge in [-0.3, -0.25) is 10.3 Å². The molecule has 0 aromatic heterocycles. The zero-order valence-corrected chi connectivity index (χ0v) is 11.5. The minimum absolute atomic E-state index is 0.140. The Morgan fingerprint density at radius 2 is 1.84 bits per heavy atom. The highest BCUT2D eigenvalue weighted by atomic mass is 15.3. The molecular formula is C15H22N4. The Hall–Kier alpha value is -1.55. The maximum atomic E-state index is 7.44. The Kier molecular flexibility index (Phi) is 3.19. The Morgan fingerprint density at radius 1 is 1.16 bits per heavy atom. The molecule has 3 rings (SSSR count). The van der Waals surface area contributed by atoms with Crippen molar-refractivity contribution < 1.29 is 0 Å². The molecule has 2 saturated heterocycles. The van der Waals surface area contributed by atoms with Crippen LogP contribution in [0.4, 0.5) is 5.69 Å². The lowest BCUT2D eigenvalue weighted by Crippen LogP contribution is -2.36. The van der Waals surface area contributed by atoms with Crippen LogP contribution in [0.5, 0.6) is 0 Å². The summed E-state index contributed by atoms with van der Waals surface area (Å²) in [6, 6.07) is 9.55. The van der Waals surface area contributed by atoms with Crippen LogP contribution in [0.25, 0.3) is 0 Å². The van der Waals surface area contributed by atoms with E-state index >= 15 is 0 Å². The molecule has 4 nitrogen and oxygen atoms in total. The summed E-state index contributed by atoms with van der Waals surface area (Å²) in [6.07, 6.45) is 3.93. The lowest BCUT2D eigenvalue weighted by molar-refractivity contribution is 0.254. The molecule has 2 heterocycles. The fourth-order valence-corrected chi connectivity index (χ4v) is 3.40. The van der Waals surface area contributed by atoms with Crippen molar-refractivity contribution in [3.05, 3.63) is 29.8 Å².